The van der Waals surface area contributed by atoms with Crippen LogP contribution in [0.5, 0.6) is 11.5 Å². The number of fused-ring (bicyclic) bond motifs is 4. The molecule has 3 heterocycles. The van der Waals surface area contributed by atoms with Crippen molar-refractivity contribution in [2.24, 2.45) is 0 Å². The Morgan fingerprint density at radius 2 is 1.86 bits per heavy atom. The number of aryl methyl sites for hydroxylation is 2. The summed E-state index contributed by atoms with van der Waals surface area (Å²) in [6, 6.07) is 3.75. The van der Waals surface area contributed by atoms with E-state index >= 15 is 0 Å². The molecule has 6 nitrogen and oxygen atoms in total. The van der Waals surface area contributed by atoms with Crippen LogP contribution in [0.2, 0.25) is 0 Å². The number of β-amino-alcohol motifs (C(OH)–C–C–N with tert-alkyl or cyclic N) is 1. The molecule has 0 radical (unpaired) electrons. The molecule has 28 heavy (non-hydrogen) atoms. The van der Waals surface area contributed by atoms with Crippen LogP contribution in [0, 0.1) is 0 Å². The minimum absolute atomic E-state index is 0.466. The first-order chi connectivity index (χ1) is 13.7. The maximum absolute atomic E-state index is 11.0. The third-order valence-electron chi connectivity index (χ3n) is 5.82. The standard InChI is InChI=1S/C21H23N3O3S/c1-26-15-7-8-16(27-2)18-13(15)9-24(10-14(18)25)20-19-12-5-3-4-6-17(12)28-21(19)23-11-22-20/h7-8,11,14,25H,3-6,9-10H2,1-2H3. The van der Waals surface area contributed by atoms with Crippen molar-refractivity contribution in [2.75, 3.05) is 25.7 Å². The lowest BCUT2D eigenvalue weighted by atomic mass is 9.94. The minimum atomic E-state index is -0.673. The summed E-state index contributed by atoms with van der Waals surface area (Å²) in [5, 5.41) is 12.1. The normalized spacial score (nSPS) is 18.7. The fraction of sp³-hybridized carbons (Fsp3) is 0.429. The molecule has 1 unspecified atom stereocenters. The molecular formula is C21H23N3O3S. The maximum Gasteiger partial charge on any atom is 0.141 e. The van der Waals surface area contributed by atoms with Gasteiger partial charge < -0.3 is 19.5 Å². The van der Waals surface area contributed by atoms with Gasteiger partial charge in [-0.2, -0.15) is 0 Å². The number of aliphatic hydroxyl groups excluding tert-OH is 1. The summed E-state index contributed by atoms with van der Waals surface area (Å²) < 4.78 is 11.1. The van der Waals surface area contributed by atoms with Crippen molar-refractivity contribution in [1.29, 1.82) is 0 Å². The van der Waals surface area contributed by atoms with Gasteiger partial charge in [0, 0.05) is 22.5 Å². The van der Waals surface area contributed by atoms with Gasteiger partial charge in [-0.1, -0.05) is 0 Å². The highest BCUT2D eigenvalue weighted by Crippen LogP contribution is 2.44. The van der Waals surface area contributed by atoms with Gasteiger partial charge in [0.15, 0.2) is 0 Å². The quantitative estimate of drug-likeness (QED) is 0.728. The number of benzene rings is 1. The van der Waals surface area contributed by atoms with E-state index in [2.05, 4.69) is 14.9 Å². The molecule has 0 saturated heterocycles. The van der Waals surface area contributed by atoms with E-state index in [0.29, 0.717) is 18.8 Å². The van der Waals surface area contributed by atoms with E-state index in [-0.39, 0.29) is 0 Å². The molecule has 1 atom stereocenters. The van der Waals surface area contributed by atoms with Crippen LogP contribution in [0.4, 0.5) is 5.82 Å². The second kappa shape index (κ2) is 6.90. The first-order valence-electron chi connectivity index (χ1n) is 9.63. The average Bonchev–Trinajstić information content (AvgIpc) is 3.11. The molecule has 3 aromatic rings. The number of thiophene rings is 1. The SMILES string of the molecule is COc1ccc(OC)c2c1CN(c1ncnc3sc4c(c13)CCCC4)CC2O. The lowest BCUT2D eigenvalue weighted by molar-refractivity contribution is 0.169. The molecule has 0 bridgehead atoms. The summed E-state index contributed by atoms with van der Waals surface area (Å²) in [5.41, 5.74) is 3.17. The highest BCUT2D eigenvalue weighted by Gasteiger charge is 2.32. The van der Waals surface area contributed by atoms with Gasteiger partial charge in [0.2, 0.25) is 0 Å². The van der Waals surface area contributed by atoms with Crippen LogP contribution in [0.15, 0.2) is 18.5 Å². The summed E-state index contributed by atoms with van der Waals surface area (Å²) in [5.74, 6) is 2.37. The number of hydrogen-bond donors (Lipinski definition) is 1. The van der Waals surface area contributed by atoms with Gasteiger partial charge in [-0.05, 0) is 43.4 Å². The average molecular weight is 398 g/mol. The van der Waals surface area contributed by atoms with Crippen molar-refractivity contribution in [3.05, 3.63) is 40.0 Å². The number of anilines is 1. The van der Waals surface area contributed by atoms with Crippen molar-refractivity contribution in [2.45, 2.75) is 38.3 Å². The van der Waals surface area contributed by atoms with Crippen LogP contribution in [-0.2, 0) is 19.4 Å². The van der Waals surface area contributed by atoms with Gasteiger partial charge >= 0.3 is 0 Å². The number of rotatable bonds is 3. The van der Waals surface area contributed by atoms with Gasteiger partial charge in [-0.25, -0.2) is 9.97 Å². The van der Waals surface area contributed by atoms with E-state index < -0.39 is 6.10 Å². The summed E-state index contributed by atoms with van der Waals surface area (Å²) >= 11 is 1.79. The highest BCUT2D eigenvalue weighted by atomic mass is 32.1. The van der Waals surface area contributed by atoms with Crippen LogP contribution in [0.1, 0.15) is 40.5 Å². The summed E-state index contributed by atoms with van der Waals surface area (Å²) in [6.45, 7) is 1.08. The van der Waals surface area contributed by atoms with Crippen molar-refractivity contribution in [1.82, 2.24) is 9.97 Å². The Morgan fingerprint density at radius 3 is 2.68 bits per heavy atom. The molecule has 1 aromatic carbocycles. The summed E-state index contributed by atoms with van der Waals surface area (Å²) in [6.07, 6.45) is 5.64. The lowest BCUT2D eigenvalue weighted by Crippen LogP contribution is -2.35. The molecule has 5 rings (SSSR count). The molecule has 2 aromatic heterocycles. The minimum Gasteiger partial charge on any atom is -0.496 e. The fourth-order valence-electron chi connectivity index (χ4n) is 4.55. The Kier molecular flexibility index (Phi) is 4.36. The van der Waals surface area contributed by atoms with Crippen molar-refractivity contribution >= 4 is 27.4 Å². The highest BCUT2D eigenvalue weighted by molar-refractivity contribution is 7.19. The fourth-order valence-corrected chi connectivity index (χ4v) is 5.77. The monoisotopic (exact) mass is 397 g/mol. The third-order valence-corrected chi connectivity index (χ3v) is 7.02. The second-order valence-corrected chi connectivity index (χ2v) is 8.43. The van der Waals surface area contributed by atoms with Gasteiger partial charge in [0.1, 0.15) is 34.6 Å². The first-order valence-corrected chi connectivity index (χ1v) is 10.4. The molecule has 0 fully saturated rings. The van der Waals surface area contributed by atoms with Crippen LogP contribution in [0.3, 0.4) is 0 Å². The zero-order valence-electron chi connectivity index (χ0n) is 16.1. The zero-order chi connectivity index (χ0) is 19.3. The molecule has 0 saturated carbocycles. The summed E-state index contributed by atoms with van der Waals surface area (Å²) in [7, 11) is 3.29. The molecule has 1 N–H and O–H groups in total. The summed E-state index contributed by atoms with van der Waals surface area (Å²) in [4.78, 5) is 13.8. The number of nitrogens with zero attached hydrogens (tertiary/aromatic N) is 3. The van der Waals surface area contributed by atoms with Gasteiger partial charge in [-0.15, -0.1) is 11.3 Å². The molecule has 7 heteroatoms. The molecule has 0 spiro atoms. The Hall–Kier alpha value is -2.38. The topological polar surface area (TPSA) is 67.7 Å². The van der Waals surface area contributed by atoms with Crippen molar-refractivity contribution < 1.29 is 14.6 Å². The predicted octanol–water partition coefficient (Wildman–Crippen LogP) is 3.64. The molecule has 1 aliphatic carbocycles. The van der Waals surface area contributed by atoms with Gasteiger partial charge in [0.05, 0.1) is 26.2 Å². The second-order valence-electron chi connectivity index (χ2n) is 7.35. The van der Waals surface area contributed by atoms with Crippen LogP contribution < -0.4 is 14.4 Å². The first kappa shape index (κ1) is 17.7. The molecule has 1 aliphatic heterocycles. The maximum atomic E-state index is 11.0. The smallest absolute Gasteiger partial charge is 0.141 e. The number of hydrogen-bond acceptors (Lipinski definition) is 7. The van der Waals surface area contributed by atoms with E-state index in [9.17, 15) is 5.11 Å². The van der Waals surface area contributed by atoms with E-state index in [1.54, 1.807) is 31.9 Å². The largest absolute Gasteiger partial charge is 0.496 e. The number of aliphatic hydroxyl groups is 1. The lowest BCUT2D eigenvalue weighted by Gasteiger charge is -2.35. The van der Waals surface area contributed by atoms with Crippen LogP contribution >= 0.6 is 11.3 Å². The molecule has 146 valence electrons. The number of ether oxygens (including phenoxy) is 2. The number of methoxy groups -OCH3 is 2. The van der Waals surface area contributed by atoms with Crippen molar-refractivity contribution in [3.8, 4) is 11.5 Å². The molecule has 0 amide bonds. The zero-order valence-corrected chi connectivity index (χ0v) is 16.9. The third kappa shape index (κ3) is 2.64. The van der Waals surface area contributed by atoms with Gasteiger partial charge in [0.25, 0.3) is 0 Å². The van der Waals surface area contributed by atoms with Gasteiger partial charge in [-0.3, -0.25) is 0 Å². The Balaban J connectivity index is 1.64. The Morgan fingerprint density at radius 1 is 1.07 bits per heavy atom. The van der Waals surface area contributed by atoms with E-state index in [1.165, 1.54) is 28.7 Å². The Bertz CT molecular complexity index is 1050. The van der Waals surface area contributed by atoms with Crippen LogP contribution in [-0.4, -0.2) is 35.8 Å². The van der Waals surface area contributed by atoms with E-state index in [4.69, 9.17) is 9.47 Å². The molecular weight excluding hydrogens is 374 g/mol. The molecule has 2 aliphatic rings. The number of aromatic nitrogens is 2. The Labute approximate surface area is 167 Å². The van der Waals surface area contributed by atoms with Crippen molar-refractivity contribution in [3.63, 3.8) is 0 Å². The van der Waals surface area contributed by atoms with E-state index in [0.717, 1.165) is 40.4 Å². The predicted molar refractivity (Wildman–Crippen MR) is 110 cm³/mol. The van der Waals surface area contributed by atoms with E-state index in [1.807, 2.05) is 12.1 Å². The van der Waals surface area contributed by atoms with Crippen LogP contribution in [0.25, 0.3) is 10.2 Å².